The molecule has 1 aromatic carbocycles. The Kier molecular flexibility index (Phi) is 5.25. The second kappa shape index (κ2) is 7.76. The second-order valence-corrected chi connectivity index (χ2v) is 6.22. The Hall–Kier alpha value is -2.93. The van der Waals surface area contributed by atoms with Gasteiger partial charge in [0.15, 0.2) is 0 Å². The fraction of sp³-hybridized carbons (Fsp3) is 0.167. The maximum atomic E-state index is 12.3. The lowest BCUT2D eigenvalue weighted by Crippen LogP contribution is -2.19. The van der Waals surface area contributed by atoms with Crippen LogP contribution in [-0.4, -0.2) is 28.9 Å². The van der Waals surface area contributed by atoms with Gasteiger partial charge in [-0.25, -0.2) is 5.43 Å². The zero-order chi connectivity index (χ0) is 17.6. The standard InChI is InChI=1S/C18H18N4O2S/c1-3-24-14-8-6-13(7-9-14)16-12(2)17(21-20-16)18(23)22-19-11-15-5-4-10-25-15/h4-11H,3H2,1-2H3,(H,20,21)(H,22,23)/b19-11-. The van der Waals surface area contributed by atoms with Crippen molar-refractivity contribution in [1.29, 1.82) is 0 Å². The first kappa shape index (κ1) is 16.9. The van der Waals surface area contributed by atoms with Crippen LogP contribution in [0.5, 0.6) is 5.75 Å². The number of aromatic amines is 1. The number of hydrogen-bond acceptors (Lipinski definition) is 5. The molecule has 0 aliphatic rings. The molecule has 2 heterocycles. The van der Waals surface area contributed by atoms with E-state index in [1.54, 1.807) is 17.6 Å². The maximum Gasteiger partial charge on any atom is 0.289 e. The summed E-state index contributed by atoms with van der Waals surface area (Å²) in [6.07, 6.45) is 1.61. The maximum absolute atomic E-state index is 12.3. The third-order valence-electron chi connectivity index (χ3n) is 3.58. The van der Waals surface area contributed by atoms with Gasteiger partial charge in [0.05, 0.1) is 18.5 Å². The van der Waals surface area contributed by atoms with Gasteiger partial charge in [0.2, 0.25) is 0 Å². The van der Waals surface area contributed by atoms with Gasteiger partial charge < -0.3 is 4.74 Å². The fourth-order valence-electron chi connectivity index (χ4n) is 2.35. The van der Waals surface area contributed by atoms with Crippen molar-refractivity contribution in [2.45, 2.75) is 13.8 Å². The van der Waals surface area contributed by atoms with Crippen molar-refractivity contribution < 1.29 is 9.53 Å². The minimum absolute atomic E-state index is 0.324. The van der Waals surface area contributed by atoms with Crippen LogP contribution in [0.2, 0.25) is 0 Å². The molecule has 0 spiro atoms. The molecule has 0 radical (unpaired) electrons. The summed E-state index contributed by atoms with van der Waals surface area (Å²) in [6.45, 7) is 4.42. The Morgan fingerprint density at radius 1 is 1.36 bits per heavy atom. The van der Waals surface area contributed by atoms with Crippen LogP contribution in [0.25, 0.3) is 11.3 Å². The molecular weight excluding hydrogens is 336 g/mol. The number of nitrogens with one attached hydrogen (secondary N) is 2. The summed E-state index contributed by atoms with van der Waals surface area (Å²) in [5.41, 5.74) is 5.33. The predicted octanol–water partition coefficient (Wildman–Crippen LogP) is 3.61. The summed E-state index contributed by atoms with van der Waals surface area (Å²) >= 11 is 1.55. The molecule has 25 heavy (non-hydrogen) atoms. The van der Waals surface area contributed by atoms with Crippen molar-refractivity contribution in [2.75, 3.05) is 6.61 Å². The highest BCUT2D eigenvalue weighted by Gasteiger charge is 2.16. The van der Waals surface area contributed by atoms with Gasteiger partial charge in [-0.05, 0) is 49.6 Å². The van der Waals surface area contributed by atoms with Gasteiger partial charge >= 0.3 is 0 Å². The topological polar surface area (TPSA) is 79.4 Å². The zero-order valence-electron chi connectivity index (χ0n) is 13.9. The van der Waals surface area contributed by atoms with Gasteiger partial charge in [0, 0.05) is 16.0 Å². The lowest BCUT2D eigenvalue weighted by Gasteiger charge is -2.04. The van der Waals surface area contributed by atoms with Crippen molar-refractivity contribution in [3.8, 4) is 17.0 Å². The quantitative estimate of drug-likeness (QED) is 0.524. The van der Waals surface area contributed by atoms with E-state index in [2.05, 4.69) is 20.7 Å². The minimum atomic E-state index is -0.324. The second-order valence-electron chi connectivity index (χ2n) is 5.24. The smallest absolute Gasteiger partial charge is 0.289 e. The van der Waals surface area contributed by atoms with Gasteiger partial charge in [-0.15, -0.1) is 11.3 Å². The van der Waals surface area contributed by atoms with E-state index in [-0.39, 0.29) is 5.91 Å². The van der Waals surface area contributed by atoms with Gasteiger partial charge in [-0.3, -0.25) is 9.89 Å². The molecule has 3 rings (SSSR count). The number of benzene rings is 1. The van der Waals surface area contributed by atoms with E-state index >= 15 is 0 Å². The number of hydrogen-bond donors (Lipinski definition) is 2. The minimum Gasteiger partial charge on any atom is -0.494 e. The number of rotatable bonds is 6. The molecule has 1 amide bonds. The number of aromatic nitrogens is 2. The van der Waals surface area contributed by atoms with Crippen molar-refractivity contribution in [3.05, 3.63) is 57.9 Å². The Morgan fingerprint density at radius 2 is 2.16 bits per heavy atom. The molecule has 0 atom stereocenters. The van der Waals surface area contributed by atoms with Crippen LogP contribution in [-0.2, 0) is 0 Å². The van der Waals surface area contributed by atoms with Crippen molar-refractivity contribution in [2.24, 2.45) is 5.10 Å². The van der Waals surface area contributed by atoms with E-state index in [0.717, 1.165) is 27.4 Å². The number of carbonyl (C=O) groups excluding carboxylic acids is 1. The number of H-pyrrole nitrogens is 1. The first-order valence-electron chi connectivity index (χ1n) is 7.84. The Balaban J connectivity index is 1.72. The first-order chi connectivity index (χ1) is 12.2. The highest BCUT2D eigenvalue weighted by molar-refractivity contribution is 7.11. The molecule has 0 saturated heterocycles. The fourth-order valence-corrected chi connectivity index (χ4v) is 2.94. The molecule has 128 valence electrons. The van der Waals surface area contributed by atoms with Crippen LogP contribution in [0, 0.1) is 6.92 Å². The molecule has 2 aromatic heterocycles. The predicted molar refractivity (Wildman–Crippen MR) is 99.3 cm³/mol. The number of thiophene rings is 1. The van der Waals surface area contributed by atoms with Crippen LogP contribution in [0.4, 0.5) is 0 Å². The highest BCUT2D eigenvalue weighted by Crippen LogP contribution is 2.25. The van der Waals surface area contributed by atoms with E-state index in [4.69, 9.17) is 4.74 Å². The van der Waals surface area contributed by atoms with Crippen LogP contribution < -0.4 is 10.2 Å². The van der Waals surface area contributed by atoms with Crippen LogP contribution >= 0.6 is 11.3 Å². The van der Waals surface area contributed by atoms with E-state index < -0.39 is 0 Å². The zero-order valence-corrected chi connectivity index (χ0v) is 14.8. The Labute approximate surface area is 149 Å². The van der Waals surface area contributed by atoms with E-state index in [1.165, 1.54) is 0 Å². The average Bonchev–Trinajstić information content (AvgIpc) is 3.26. The first-order valence-corrected chi connectivity index (χ1v) is 8.72. The third-order valence-corrected chi connectivity index (χ3v) is 4.38. The largest absolute Gasteiger partial charge is 0.494 e. The molecular formula is C18H18N4O2S. The summed E-state index contributed by atoms with van der Waals surface area (Å²) in [6, 6.07) is 11.5. The lowest BCUT2D eigenvalue weighted by molar-refractivity contribution is 0.0949. The third kappa shape index (κ3) is 3.95. The number of amides is 1. The normalized spacial score (nSPS) is 11.0. The number of ether oxygens (including phenoxy) is 1. The van der Waals surface area contributed by atoms with Crippen LogP contribution in [0.3, 0.4) is 0 Å². The van der Waals surface area contributed by atoms with Crippen LogP contribution in [0.1, 0.15) is 27.9 Å². The molecule has 3 aromatic rings. The SMILES string of the molecule is CCOc1ccc(-c2n[nH]c(C(=O)N/N=C\c3cccs3)c2C)cc1. The highest BCUT2D eigenvalue weighted by atomic mass is 32.1. The number of carbonyl (C=O) groups is 1. The monoisotopic (exact) mass is 354 g/mol. The Morgan fingerprint density at radius 3 is 2.84 bits per heavy atom. The molecule has 0 aliphatic carbocycles. The Bertz CT molecular complexity index is 867. The molecule has 6 nitrogen and oxygen atoms in total. The van der Waals surface area contributed by atoms with Gasteiger partial charge in [-0.2, -0.15) is 10.2 Å². The molecule has 0 saturated carbocycles. The van der Waals surface area contributed by atoms with Gasteiger partial charge in [-0.1, -0.05) is 6.07 Å². The summed E-state index contributed by atoms with van der Waals surface area (Å²) < 4.78 is 5.44. The molecule has 2 N–H and O–H groups in total. The molecule has 0 fully saturated rings. The summed E-state index contributed by atoms with van der Waals surface area (Å²) in [5.74, 6) is 0.482. The summed E-state index contributed by atoms with van der Waals surface area (Å²) in [5, 5.41) is 13.0. The van der Waals surface area contributed by atoms with E-state index in [9.17, 15) is 4.79 Å². The van der Waals surface area contributed by atoms with Crippen LogP contribution in [0.15, 0.2) is 46.9 Å². The lowest BCUT2D eigenvalue weighted by atomic mass is 10.1. The molecule has 0 unspecified atom stereocenters. The summed E-state index contributed by atoms with van der Waals surface area (Å²) in [4.78, 5) is 13.2. The van der Waals surface area contributed by atoms with E-state index in [0.29, 0.717) is 12.3 Å². The van der Waals surface area contributed by atoms with Gasteiger partial charge in [0.1, 0.15) is 11.4 Å². The summed E-state index contributed by atoms with van der Waals surface area (Å²) in [7, 11) is 0. The number of hydrazone groups is 1. The van der Waals surface area contributed by atoms with Gasteiger partial charge in [0.25, 0.3) is 5.91 Å². The van der Waals surface area contributed by atoms with E-state index in [1.807, 2.05) is 55.6 Å². The average molecular weight is 354 g/mol. The van der Waals surface area contributed by atoms with Crippen molar-refractivity contribution >= 4 is 23.5 Å². The van der Waals surface area contributed by atoms with Crippen molar-refractivity contribution in [3.63, 3.8) is 0 Å². The molecule has 0 aliphatic heterocycles. The molecule has 0 bridgehead atoms. The molecule has 7 heteroatoms. The van der Waals surface area contributed by atoms with Crippen molar-refractivity contribution in [1.82, 2.24) is 15.6 Å². The number of nitrogens with zero attached hydrogens (tertiary/aromatic N) is 2.